The molecule has 4 aliphatic rings. The Balaban J connectivity index is 1.49. The van der Waals surface area contributed by atoms with Crippen LogP contribution >= 0.6 is 11.8 Å². The van der Waals surface area contributed by atoms with E-state index in [-0.39, 0.29) is 0 Å². The molecule has 1 aromatic rings. The Labute approximate surface area is 132 Å². The van der Waals surface area contributed by atoms with Gasteiger partial charge in [0.1, 0.15) is 0 Å². The number of imidazole rings is 1. The number of hydrogen-bond donors (Lipinski definition) is 1. The molecule has 0 radical (unpaired) electrons. The Morgan fingerprint density at radius 3 is 2.38 bits per heavy atom. The van der Waals surface area contributed by atoms with E-state index in [0.717, 1.165) is 28.7 Å². The monoisotopic (exact) mass is 305 g/mol. The lowest BCUT2D eigenvalue weighted by molar-refractivity contribution is -0.0682. The van der Waals surface area contributed by atoms with Crippen LogP contribution in [0.25, 0.3) is 0 Å². The molecule has 0 spiro atoms. The fraction of sp³-hybridized carbons (Fsp3) is 0.824. The highest BCUT2D eigenvalue weighted by atomic mass is 32.2. The maximum Gasteiger partial charge on any atom is 0.167 e. The standard InChI is InChI=1S/C17H27N3S/c1-18-15(11-21-16-19-3-4-20(16)2)17-8-12-5-13(9-17)7-14(6-12)10-17/h3-4,12-15,18H,5-11H2,1-2H3. The van der Waals surface area contributed by atoms with Crippen LogP contribution in [0.2, 0.25) is 0 Å². The van der Waals surface area contributed by atoms with Crippen LogP contribution in [0.3, 0.4) is 0 Å². The lowest BCUT2D eigenvalue weighted by Gasteiger charge is -2.59. The Kier molecular flexibility index (Phi) is 3.57. The molecule has 1 N–H and O–H groups in total. The molecule has 1 atom stereocenters. The van der Waals surface area contributed by atoms with Gasteiger partial charge in [-0.3, -0.25) is 0 Å². The van der Waals surface area contributed by atoms with Crippen molar-refractivity contribution < 1.29 is 0 Å². The summed E-state index contributed by atoms with van der Waals surface area (Å²) in [6, 6.07) is 0.646. The summed E-state index contributed by atoms with van der Waals surface area (Å²) in [4.78, 5) is 4.47. The molecule has 4 heteroatoms. The molecule has 5 rings (SSSR count). The van der Waals surface area contributed by atoms with Gasteiger partial charge in [0.25, 0.3) is 0 Å². The largest absolute Gasteiger partial charge is 0.329 e. The summed E-state index contributed by atoms with van der Waals surface area (Å²) in [7, 11) is 4.26. The number of aryl methyl sites for hydroxylation is 1. The Bertz CT molecular complexity index is 475. The molecule has 1 unspecified atom stereocenters. The van der Waals surface area contributed by atoms with Crippen LogP contribution in [-0.4, -0.2) is 28.4 Å². The van der Waals surface area contributed by atoms with Crippen molar-refractivity contribution in [1.82, 2.24) is 14.9 Å². The normalized spacial score (nSPS) is 38.9. The molecule has 1 heterocycles. The van der Waals surface area contributed by atoms with Crippen LogP contribution < -0.4 is 5.32 Å². The quantitative estimate of drug-likeness (QED) is 0.846. The molecule has 0 aromatic carbocycles. The first-order valence-corrected chi connectivity index (χ1v) is 9.44. The third-order valence-corrected chi connectivity index (χ3v) is 7.48. The average molecular weight is 305 g/mol. The second-order valence-corrected chi connectivity index (χ2v) is 8.74. The summed E-state index contributed by atoms with van der Waals surface area (Å²) in [5.41, 5.74) is 0.585. The van der Waals surface area contributed by atoms with Crippen LogP contribution in [-0.2, 0) is 7.05 Å². The van der Waals surface area contributed by atoms with Crippen molar-refractivity contribution >= 4 is 11.8 Å². The molecule has 4 bridgehead atoms. The number of aromatic nitrogens is 2. The van der Waals surface area contributed by atoms with E-state index in [9.17, 15) is 0 Å². The molecule has 3 nitrogen and oxygen atoms in total. The highest BCUT2D eigenvalue weighted by Gasteiger charge is 2.53. The highest BCUT2D eigenvalue weighted by molar-refractivity contribution is 7.99. The van der Waals surface area contributed by atoms with E-state index in [2.05, 4.69) is 29.0 Å². The smallest absolute Gasteiger partial charge is 0.167 e. The summed E-state index contributed by atoms with van der Waals surface area (Å²) >= 11 is 1.92. The predicted molar refractivity (Wildman–Crippen MR) is 87.4 cm³/mol. The van der Waals surface area contributed by atoms with E-state index in [0.29, 0.717) is 11.5 Å². The minimum atomic E-state index is 0.585. The van der Waals surface area contributed by atoms with Gasteiger partial charge in [0.05, 0.1) is 0 Å². The van der Waals surface area contributed by atoms with Gasteiger partial charge in [0.2, 0.25) is 0 Å². The fourth-order valence-electron chi connectivity index (χ4n) is 5.82. The molecule has 1 aromatic heterocycles. The Morgan fingerprint density at radius 1 is 1.29 bits per heavy atom. The van der Waals surface area contributed by atoms with E-state index in [4.69, 9.17) is 0 Å². The van der Waals surface area contributed by atoms with Gasteiger partial charge in [0, 0.05) is 31.2 Å². The number of nitrogens with zero attached hydrogens (tertiary/aromatic N) is 2. The molecular weight excluding hydrogens is 278 g/mol. The molecular formula is C17H27N3S. The maximum absolute atomic E-state index is 4.47. The van der Waals surface area contributed by atoms with Gasteiger partial charge in [-0.25, -0.2) is 4.98 Å². The van der Waals surface area contributed by atoms with Crippen molar-refractivity contribution in [3.05, 3.63) is 12.4 Å². The summed E-state index contributed by atoms with van der Waals surface area (Å²) < 4.78 is 2.14. The van der Waals surface area contributed by atoms with Crippen LogP contribution in [0, 0.1) is 23.2 Å². The van der Waals surface area contributed by atoms with Crippen LogP contribution in [0.5, 0.6) is 0 Å². The van der Waals surface area contributed by atoms with Crippen molar-refractivity contribution in [3.63, 3.8) is 0 Å². The summed E-state index contributed by atoms with van der Waals surface area (Å²) in [5, 5.41) is 4.84. The molecule has 21 heavy (non-hydrogen) atoms. The Hall–Kier alpha value is -0.480. The minimum Gasteiger partial charge on any atom is -0.329 e. The summed E-state index contributed by atoms with van der Waals surface area (Å²) in [6.45, 7) is 0. The lowest BCUT2D eigenvalue weighted by Crippen LogP contribution is -2.56. The third kappa shape index (κ3) is 2.44. The molecule has 0 saturated heterocycles. The van der Waals surface area contributed by atoms with Gasteiger partial charge in [-0.05, 0) is 68.7 Å². The van der Waals surface area contributed by atoms with E-state index in [1.807, 2.05) is 24.2 Å². The molecule has 116 valence electrons. The molecule has 0 amide bonds. The second kappa shape index (κ2) is 5.31. The summed E-state index contributed by atoms with van der Waals surface area (Å²) in [5.74, 6) is 4.26. The van der Waals surface area contributed by atoms with Crippen molar-refractivity contribution in [2.45, 2.75) is 49.7 Å². The number of rotatable bonds is 5. The third-order valence-electron chi connectivity index (χ3n) is 6.33. The summed E-state index contributed by atoms with van der Waals surface area (Å²) in [6.07, 6.45) is 13.0. The molecule has 0 aliphatic heterocycles. The minimum absolute atomic E-state index is 0.585. The van der Waals surface area contributed by atoms with Gasteiger partial charge in [-0.1, -0.05) is 11.8 Å². The fourth-order valence-corrected chi connectivity index (χ4v) is 7.06. The van der Waals surface area contributed by atoms with Crippen molar-refractivity contribution in [3.8, 4) is 0 Å². The van der Waals surface area contributed by atoms with Crippen LogP contribution in [0.15, 0.2) is 17.6 Å². The van der Waals surface area contributed by atoms with Crippen LogP contribution in [0.1, 0.15) is 38.5 Å². The highest BCUT2D eigenvalue weighted by Crippen LogP contribution is 2.61. The van der Waals surface area contributed by atoms with Gasteiger partial charge >= 0.3 is 0 Å². The van der Waals surface area contributed by atoms with Crippen LogP contribution in [0.4, 0.5) is 0 Å². The zero-order valence-electron chi connectivity index (χ0n) is 13.2. The molecule has 4 aliphatic carbocycles. The number of nitrogens with one attached hydrogen (secondary N) is 1. The first-order chi connectivity index (χ1) is 10.2. The molecule has 4 saturated carbocycles. The van der Waals surface area contributed by atoms with Gasteiger partial charge in [-0.2, -0.15) is 0 Å². The number of hydrogen-bond acceptors (Lipinski definition) is 3. The average Bonchev–Trinajstić information content (AvgIpc) is 2.83. The van der Waals surface area contributed by atoms with Gasteiger partial charge in [0.15, 0.2) is 5.16 Å². The number of thioether (sulfide) groups is 1. The van der Waals surface area contributed by atoms with Gasteiger partial charge in [-0.15, -0.1) is 0 Å². The Morgan fingerprint density at radius 2 is 1.90 bits per heavy atom. The van der Waals surface area contributed by atoms with E-state index >= 15 is 0 Å². The zero-order valence-corrected chi connectivity index (χ0v) is 14.0. The van der Waals surface area contributed by atoms with E-state index < -0.39 is 0 Å². The van der Waals surface area contributed by atoms with E-state index in [1.165, 1.54) is 38.5 Å². The SMILES string of the molecule is CNC(CSc1nccn1C)C12CC3CC(CC(C3)C1)C2. The molecule has 4 fully saturated rings. The van der Waals surface area contributed by atoms with Crippen molar-refractivity contribution in [2.24, 2.45) is 30.2 Å². The van der Waals surface area contributed by atoms with E-state index in [1.54, 1.807) is 0 Å². The maximum atomic E-state index is 4.47. The predicted octanol–water partition coefficient (Wildman–Crippen LogP) is 3.32. The zero-order chi connectivity index (χ0) is 14.4. The first-order valence-electron chi connectivity index (χ1n) is 8.46. The lowest BCUT2D eigenvalue weighted by atomic mass is 9.48. The van der Waals surface area contributed by atoms with Gasteiger partial charge < -0.3 is 9.88 Å². The van der Waals surface area contributed by atoms with Crippen molar-refractivity contribution in [1.29, 1.82) is 0 Å². The topological polar surface area (TPSA) is 29.9 Å². The van der Waals surface area contributed by atoms with Crippen molar-refractivity contribution in [2.75, 3.05) is 12.8 Å². The second-order valence-electron chi connectivity index (χ2n) is 7.75. The first kappa shape index (κ1) is 14.1.